The number of carboxylic acids is 1. The number of aliphatic carboxylic acids is 1. The van der Waals surface area contributed by atoms with Crippen molar-refractivity contribution in [2.75, 3.05) is 23.7 Å². The third kappa shape index (κ3) is 6.57. The van der Waals surface area contributed by atoms with Gasteiger partial charge in [-0.1, -0.05) is 37.3 Å². The third-order valence-electron chi connectivity index (χ3n) is 5.84. The zero-order chi connectivity index (χ0) is 24.7. The number of likely N-dealkylation sites (tertiary alicyclic amines) is 1. The molecule has 2 aromatic rings. The Morgan fingerprint density at radius 2 is 1.76 bits per heavy atom. The zero-order valence-corrected chi connectivity index (χ0v) is 19.3. The van der Waals surface area contributed by atoms with Crippen LogP contribution < -0.4 is 16.0 Å². The Bertz CT molecular complexity index is 1050. The molecule has 0 aromatic heterocycles. The third-order valence-corrected chi connectivity index (χ3v) is 5.84. The van der Waals surface area contributed by atoms with Crippen LogP contribution in [0.1, 0.15) is 30.9 Å². The minimum Gasteiger partial charge on any atom is -0.481 e. The van der Waals surface area contributed by atoms with Gasteiger partial charge in [0.25, 0.3) is 0 Å². The van der Waals surface area contributed by atoms with Crippen LogP contribution in [0, 0.1) is 12.8 Å². The van der Waals surface area contributed by atoms with Crippen molar-refractivity contribution in [3.05, 3.63) is 59.7 Å². The maximum absolute atomic E-state index is 12.8. The normalized spacial score (nSPS) is 15.9. The Labute approximate surface area is 198 Å². The predicted molar refractivity (Wildman–Crippen MR) is 129 cm³/mol. The summed E-state index contributed by atoms with van der Waals surface area (Å²) in [6, 6.07) is 13.5. The van der Waals surface area contributed by atoms with Crippen LogP contribution in [0.4, 0.5) is 16.2 Å². The Balaban J connectivity index is 1.52. The Morgan fingerprint density at radius 3 is 2.44 bits per heavy atom. The quantitative estimate of drug-likeness (QED) is 0.476. The Kier molecular flexibility index (Phi) is 8.24. The van der Waals surface area contributed by atoms with Gasteiger partial charge >= 0.3 is 12.0 Å². The molecule has 2 aromatic carbocycles. The van der Waals surface area contributed by atoms with Crippen LogP contribution in [-0.4, -0.2) is 53.0 Å². The van der Waals surface area contributed by atoms with Gasteiger partial charge in [0.05, 0.1) is 12.3 Å². The molecular formula is C25H30N4O5. The molecule has 4 amide bonds. The fourth-order valence-corrected chi connectivity index (χ4v) is 3.78. The number of benzene rings is 2. The van der Waals surface area contributed by atoms with Crippen LogP contribution in [-0.2, 0) is 20.8 Å². The molecule has 180 valence electrons. The number of hydrogen-bond donors (Lipinski definition) is 4. The molecule has 9 nitrogen and oxygen atoms in total. The highest BCUT2D eigenvalue weighted by atomic mass is 16.4. The highest BCUT2D eigenvalue weighted by Gasteiger charge is 2.34. The number of amides is 4. The standard InChI is InChI=1S/C25H30N4O5/c1-16-6-3-4-7-20(16)28-25(34)27-19-11-9-18(10-12-19)14-22(30)29-13-5-8-21(29)23(31)26-15-17(2)24(32)33/h3-4,6-7,9-12,17,21H,5,8,13-15H2,1-2H3,(H,26,31)(H,32,33)(H2,27,28,34)/t17-,21+/m1/s1. The second-order valence-corrected chi connectivity index (χ2v) is 8.50. The maximum atomic E-state index is 12.8. The highest BCUT2D eigenvalue weighted by Crippen LogP contribution is 2.20. The van der Waals surface area contributed by atoms with E-state index in [1.165, 1.54) is 6.92 Å². The topological polar surface area (TPSA) is 128 Å². The molecule has 0 aliphatic carbocycles. The first-order valence-electron chi connectivity index (χ1n) is 11.3. The molecule has 0 spiro atoms. The van der Waals surface area contributed by atoms with E-state index in [2.05, 4.69) is 16.0 Å². The lowest BCUT2D eigenvalue weighted by atomic mass is 10.1. The van der Waals surface area contributed by atoms with E-state index in [9.17, 15) is 19.2 Å². The summed E-state index contributed by atoms with van der Waals surface area (Å²) in [5.41, 5.74) is 3.04. The molecule has 0 radical (unpaired) electrons. The summed E-state index contributed by atoms with van der Waals surface area (Å²) in [5.74, 6) is -2.16. The molecule has 34 heavy (non-hydrogen) atoms. The van der Waals surface area contributed by atoms with Gasteiger partial charge in [-0.2, -0.15) is 0 Å². The van der Waals surface area contributed by atoms with Crippen molar-refractivity contribution in [3.8, 4) is 0 Å². The van der Waals surface area contributed by atoms with E-state index in [4.69, 9.17) is 5.11 Å². The summed E-state index contributed by atoms with van der Waals surface area (Å²) < 4.78 is 0. The van der Waals surface area contributed by atoms with Gasteiger partial charge in [-0.25, -0.2) is 4.79 Å². The summed E-state index contributed by atoms with van der Waals surface area (Å²) in [6.07, 6.45) is 1.40. The van der Waals surface area contributed by atoms with Gasteiger partial charge in [0, 0.05) is 24.5 Å². The Morgan fingerprint density at radius 1 is 1.06 bits per heavy atom. The minimum atomic E-state index is -0.981. The summed E-state index contributed by atoms with van der Waals surface area (Å²) in [5, 5.41) is 17.2. The maximum Gasteiger partial charge on any atom is 0.323 e. The average molecular weight is 467 g/mol. The van der Waals surface area contributed by atoms with Crippen LogP contribution in [0.15, 0.2) is 48.5 Å². The van der Waals surface area contributed by atoms with Crippen molar-refractivity contribution < 1.29 is 24.3 Å². The number of carboxylic acid groups (broad SMARTS) is 1. The molecule has 1 aliphatic heterocycles. The fourth-order valence-electron chi connectivity index (χ4n) is 3.78. The minimum absolute atomic E-state index is 0.0264. The number of para-hydroxylation sites is 1. The van der Waals surface area contributed by atoms with Crippen molar-refractivity contribution in [2.45, 2.75) is 39.2 Å². The number of nitrogens with zero attached hydrogens (tertiary/aromatic N) is 1. The lowest BCUT2D eigenvalue weighted by Gasteiger charge is -2.24. The SMILES string of the molecule is Cc1ccccc1NC(=O)Nc1ccc(CC(=O)N2CCC[C@H]2C(=O)NC[C@@H](C)C(=O)O)cc1. The molecule has 1 aliphatic rings. The van der Waals surface area contributed by atoms with Gasteiger partial charge in [-0.15, -0.1) is 0 Å². The fraction of sp³-hybridized carbons (Fsp3) is 0.360. The summed E-state index contributed by atoms with van der Waals surface area (Å²) in [4.78, 5) is 50.1. The molecule has 0 unspecified atom stereocenters. The van der Waals surface area contributed by atoms with Crippen LogP contribution in [0.3, 0.4) is 0 Å². The van der Waals surface area contributed by atoms with Crippen molar-refractivity contribution in [1.29, 1.82) is 0 Å². The molecule has 4 N–H and O–H groups in total. The molecule has 9 heteroatoms. The van der Waals surface area contributed by atoms with Gasteiger partial charge in [-0.05, 0) is 49.1 Å². The molecule has 3 rings (SSSR count). The van der Waals surface area contributed by atoms with Crippen LogP contribution >= 0.6 is 0 Å². The van der Waals surface area contributed by atoms with Crippen LogP contribution in [0.25, 0.3) is 0 Å². The monoisotopic (exact) mass is 466 g/mol. The smallest absolute Gasteiger partial charge is 0.323 e. The van der Waals surface area contributed by atoms with Gasteiger partial charge < -0.3 is 26.0 Å². The molecule has 1 heterocycles. The number of carbonyl (C=O) groups excluding carboxylic acids is 3. The van der Waals surface area contributed by atoms with E-state index in [-0.39, 0.29) is 30.8 Å². The van der Waals surface area contributed by atoms with Crippen molar-refractivity contribution in [3.63, 3.8) is 0 Å². The number of anilines is 2. The first-order valence-corrected chi connectivity index (χ1v) is 11.3. The second kappa shape index (κ2) is 11.3. The Hall–Kier alpha value is -3.88. The molecule has 1 fully saturated rings. The van der Waals surface area contributed by atoms with E-state index < -0.39 is 17.9 Å². The van der Waals surface area contributed by atoms with E-state index in [1.807, 2.05) is 31.2 Å². The van der Waals surface area contributed by atoms with Crippen LogP contribution in [0.2, 0.25) is 0 Å². The molecule has 0 saturated carbocycles. The number of rotatable bonds is 8. The summed E-state index contributed by atoms with van der Waals surface area (Å²) in [6.45, 7) is 3.94. The van der Waals surface area contributed by atoms with E-state index in [0.29, 0.717) is 18.7 Å². The highest BCUT2D eigenvalue weighted by molar-refractivity contribution is 6.00. The van der Waals surface area contributed by atoms with E-state index in [0.717, 1.165) is 23.2 Å². The number of nitrogens with one attached hydrogen (secondary N) is 3. The lowest BCUT2D eigenvalue weighted by Crippen LogP contribution is -2.47. The molecular weight excluding hydrogens is 436 g/mol. The van der Waals surface area contributed by atoms with Gasteiger partial charge in [0.2, 0.25) is 11.8 Å². The predicted octanol–water partition coefficient (Wildman–Crippen LogP) is 3.01. The van der Waals surface area contributed by atoms with Crippen molar-refractivity contribution in [2.24, 2.45) is 5.92 Å². The van der Waals surface area contributed by atoms with E-state index >= 15 is 0 Å². The summed E-state index contributed by atoms with van der Waals surface area (Å²) >= 11 is 0. The van der Waals surface area contributed by atoms with Crippen LogP contribution in [0.5, 0.6) is 0 Å². The van der Waals surface area contributed by atoms with E-state index in [1.54, 1.807) is 29.2 Å². The number of urea groups is 1. The number of aryl methyl sites for hydroxylation is 1. The number of hydrogen-bond acceptors (Lipinski definition) is 4. The second-order valence-electron chi connectivity index (χ2n) is 8.50. The summed E-state index contributed by atoms with van der Waals surface area (Å²) in [7, 11) is 0. The zero-order valence-electron chi connectivity index (χ0n) is 19.3. The molecule has 0 bridgehead atoms. The first-order chi connectivity index (χ1) is 16.2. The largest absolute Gasteiger partial charge is 0.481 e. The first kappa shape index (κ1) is 24.8. The average Bonchev–Trinajstić information content (AvgIpc) is 3.30. The number of carbonyl (C=O) groups is 4. The van der Waals surface area contributed by atoms with Crippen molar-refractivity contribution >= 4 is 35.2 Å². The lowest BCUT2D eigenvalue weighted by molar-refractivity contribution is -0.142. The van der Waals surface area contributed by atoms with Gasteiger partial charge in [0.15, 0.2) is 0 Å². The molecule has 1 saturated heterocycles. The van der Waals surface area contributed by atoms with Crippen molar-refractivity contribution in [1.82, 2.24) is 10.2 Å². The molecule has 2 atom stereocenters. The van der Waals surface area contributed by atoms with Gasteiger partial charge in [0.1, 0.15) is 6.04 Å². The van der Waals surface area contributed by atoms with Gasteiger partial charge in [-0.3, -0.25) is 14.4 Å².